The van der Waals surface area contributed by atoms with Gasteiger partial charge in [-0.15, -0.1) is 0 Å². The molecule has 0 radical (unpaired) electrons. The Hall–Kier alpha value is -3.66. The van der Waals surface area contributed by atoms with Crippen LogP contribution in [0.15, 0.2) is 84.9 Å². The number of ether oxygens (including phenoxy) is 1. The molecule has 0 saturated heterocycles. The van der Waals surface area contributed by atoms with E-state index in [0.29, 0.717) is 5.92 Å². The van der Waals surface area contributed by atoms with Crippen LogP contribution in [0.4, 0.5) is 5.69 Å². The fourth-order valence-corrected chi connectivity index (χ4v) is 8.65. The second-order valence-corrected chi connectivity index (χ2v) is 15.2. The van der Waals surface area contributed by atoms with E-state index in [1.54, 1.807) is 0 Å². The van der Waals surface area contributed by atoms with Crippen molar-refractivity contribution in [2.45, 2.75) is 104 Å². The fraction of sp³-hybridized carbons (Fsp3) is 0.409. The Labute approximate surface area is 283 Å². The Morgan fingerprint density at radius 3 is 2.17 bits per heavy atom. The Bertz CT molecular complexity index is 1800. The van der Waals surface area contributed by atoms with Gasteiger partial charge in [0.15, 0.2) is 0 Å². The first kappa shape index (κ1) is 33.2. The lowest BCUT2D eigenvalue weighted by Gasteiger charge is -2.39. The summed E-state index contributed by atoms with van der Waals surface area (Å²) in [6.07, 6.45) is 2.69. The molecule has 0 aromatic heterocycles. The third-order valence-corrected chi connectivity index (χ3v) is 10.7. The molecule has 4 unspecified atom stereocenters. The van der Waals surface area contributed by atoms with Gasteiger partial charge < -0.3 is 14.7 Å². The van der Waals surface area contributed by atoms with E-state index in [1.807, 2.05) is 25.1 Å². The van der Waals surface area contributed by atoms with Crippen LogP contribution in [0.3, 0.4) is 0 Å². The van der Waals surface area contributed by atoms with Gasteiger partial charge >= 0.3 is 0 Å². The highest BCUT2D eigenvalue weighted by Crippen LogP contribution is 2.53. The molecule has 1 aliphatic carbocycles. The van der Waals surface area contributed by atoms with Crippen LogP contribution < -0.4 is 4.90 Å². The van der Waals surface area contributed by atoms with E-state index >= 15 is 0 Å². The molecule has 47 heavy (non-hydrogen) atoms. The Morgan fingerprint density at radius 2 is 1.49 bits per heavy atom. The lowest BCUT2D eigenvalue weighted by atomic mass is 9.79. The number of allylic oxidation sites excluding steroid dienone is 1. The van der Waals surface area contributed by atoms with Crippen LogP contribution in [-0.2, 0) is 10.2 Å². The van der Waals surface area contributed by atoms with Gasteiger partial charge in [-0.05, 0) is 109 Å². The third-order valence-electron chi connectivity index (χ3n) is 10.7. The molecule has 0 fully saturated rings. The summed E-state index contributed by atoms with van der Waals surface area (Å²) in [5, 5.41) is 10.9. The highest BCUT2D eigenvalue weighted by molar-refractivity contribution is 5.90. The molecule has 1 N–H and O–H groups in total. The van der Waals surface area contributed by atoms with Gasteiger partial charge in [0.1, 0.15) is 0 Å². The van der Waals surface area contributed by atoms with Gasteiger partial charge in [-0.25, -0.2) is 0 Å². The predicted octanol–water partition coefficient (Wildman–Crippen LogP) is 10.9. The van der Waals surface area contributed by atoms with E-state index in [0.717, 1.165) is 12.0 Å². The number of aliphatic hydroxyl groups excluding tert-OH is 1. The molecule has 0 saturated carbocycles. The number of hydrogen-bond acceptors (Lipinski definition) is 3. The first-order valence-electron chi connectivity index (χ1n) is 17.5. The number of anilines is 1. The highest BCUT2D eigenvalue weighted by atomic mass is 16.5. The van der Waals surface area contributed by atoms with Crippen molar-refractivity contribution in [3.8, 4) is 11.1 Å². The number of fused-ring (bicyclic) bond motifs is 4. The van der Waals surface area contributed by atoms with Gasteiger partial charge in [0.05, 0.1) is 24.4 Å². The maximum absolute atomic E-state index is 10.9. The Kier molecular flexibility index (Phi) is 9.02. The summed E-state index contributed by atoms with van der Waals surface area (Å²) in [6.45, 7) is 20.0. The molecule has 5 atom stereocenters. The van der Waals surface area contributed by atoms with E-state index in [9.17, 15) is 5.11 Å². The average molecular weight is 628 g/mol. The van der Waals surface area contributed by atoms with Crippen molar-refractivity contribution in [1.82, 2.24) is 0 Å². The normalized spacial score (nSPS) is 19.0. The van der Waals surface area contributed by atoms with Gasteiger partial charge in [-0.1, -0.05) is 106 Å². The average Bonchev–Trinajstić information content (AvgIpc) is 3.23. The molecule has 6 rings (SSSR count). The predicted molar refractivity (Wildman–Crippen MR) is 198 cm³/mol. The van der Waals surface area contributed by atoms with Crippen LogP contribution in [0, 0.1) is 19.8 Å². The molecule has 1 aliphatic heterocycles. The Morgan fingerprint density at radius 1 is 0.809 bits per heavy atom. The maximum Gasteiger partial charge on any atom is 0.0806 e. The van der Waals surface area contributed by atoms with E-state index in [4.69, 9.17) is 4.74 Å². The molecule has 0 bridgehead atoms. The monoisotopic (exact) mass is 627 g/mol. The van der Waals surface area contributed by atoms with Gasteiger partial charge in [0, 0.05) is 29.6 Å². The molecular weight excluding hydrogens is 574 g/mol. The summed E-state index contributed by atoms with van der Waals surface area (Å²) < 4.78 is 6.89. The second-order valence-electron chi connectivity index (χ2n) is 15.2. The van der Waals surface area contributed by atoms with Crippen molar-refractivity contribution < 1.29 is 9.84 Å². The molecular formula is C44H53NO2. The zero-order chi connectivity index (χ0) is 33.8. The molecule has 3 nitrogen and oxygen atoms in total. The number of aliphatic hydroxyl groups is 1. The number of benzene rings is 4. The quantitative estimate of drug-likeness (QED) is 0.200. The van der Waals surface area contributed by atoms with Crippen molar-refractivity contribution in [2.75, 3.05) is 11.9 Å². The molecule has 246 valence electrons. The van der Waals surface area contributed by atoms with Gasteiger partial charge in [-0.2, -0.15) is 0 Å². The van der Waals surface area contributed by atoms with E-state index < -0.39 is 6.10 Å². The maximum atomic E-state index is 10.9. The summed E-state index contributed by atoms with van der Waals surface area (Å²) in [5.41, 5.74) is 15.7. The van der Waals surface area contributed by atoms with E-state index in [1.165, 1.54) is 61.3 Å². The van der Waals surface area contributed by atoms with Crippen molar-refractivity contribution in [2.24, 2.45) is 5.92 Å². The molecule has 4 aromatic rings. The van der Waals surface area contributed by atoms with Crippen LogP contribution in [0.2, 0.25) is 0 Å². The number of rotatable bonds is 9. The number of hydrogen-bond donors (Lipinski definition) is 1. The van der Waals surface area contributed by atoms with Crippen molar-refractivity contribution >= 4 is 11.3 Å². The van der Waals surface area contributed by atoms with Crippen LogP contribution in [-0.4, -0.2) is 24.4 Å². The highest BCUT2D eigenvalue weighted by Gasteiger charge is 2.38. The van der Waals surface area contributed by atoms with Gasteiger partial charge in [-0.3, -0.25) is 0 Å². The van der Waals surface area contributed by atoms with Crippen molar-refractivity contribution in [3.63, 3.8) is 0 Å². The lowest BCUT2D eigenvalue weighted by Crippen LogP contribution is -2.31. The fourth-order valence-electron chi connectivity index (χ4n) is 8.65. The van der Waals surface area contributed by atoms with Crippen LogP contribution in [0.1, 0.15) is 117 Å². The molecule has 0 amide bonds. The number of likely N-dealkylation sites (N-methyl/N-ethyl adjacent to an activating group) is 1. The smallest absolute Gasteiger partial charge is 0.0806 e. The zero-order valence-electron chi connectivity index (χ0n) is 30.1. The summed E-state index contributed by atoms with van der Waals surface area (Å²) in [7, 11) is 2.27. The summed E-state index contributed by atoms with van der Waals surface area (Å²) >= 11 is 0. The Balaban J connectivity index is 1.44. The zero-order valence-corrected chi connectivity index (χ0v) is 30.1. The van der Waals surface area contributed by atoms with Crippen LogP contribution in [0.25, 0.3) is 16.7 Å². The summed E-state index contributed by atoms with van der Waals surface area (Å²) in [5.74, 6) is 0.413. The lowest BCUT2D eigenvalue weighted by molar-refractivity contribution is -0.0329. The first-order chi connectivity index (χ1) is 22.3. The summed E-state index contributed by atoms with van der Waals surface area (Å²) in [6, 6.07) is 28.9. The standard InChI is InChI=1S/C44H53NO2/c1-26(2)20-33-23-40(45(10)41-25-39-36(24-35(33)41)34-18-14-15-19-38(34)44(39,8)9)37-22-27(3)21-28(4)42(37)30(6)47-31(7)43(29(5)46)32-16-12-11-13-17-32/h11-19,21-26,29-31,40,43,46H,20H2,1-10H3/t29?,30-,31?,40?,43?/m0/s1. The van der Waals surface area contributed by atoms with Crippen LogP contribution in [0.5, 0.6) is 0 Å². The molecule has 2 aliphatic rings. The second kappa shape index (κ2) is 12.7. The van der Waals surface area contributed by atoms with Crippen molar-refractivity contribution in [1.29, 1.82) is 0 Å². The van der Waals surface area contributed by atoms with E-state index in [-0.39, 0.29) is 29.6 Å². The number of nitrogens with zero attached hydrogens (tertiary/aromatic N) is 1. The SMILES string of the molecule is Cc1cc(C)c([C@H](C)OC(C)C(c2ccccc2)C(C)O)c(C2C=C(CC(C)C)c3cc4c(cc3N2C)C(C)(C)c2ccccc2-4)c1. The third kappa shape index (κ3) is 5.98. The summed E-state index contributed by atoms with van der Waals surface area (Å²) in [4.78, 5) is 2.49. The minimum atomic E-state index is -0.530. The first-order valence-corrected chi connectivity index (χ1v) is 17.5. The minimum absolute atomic E-state index is 0.0562. The molecule has 3 heteroatoms. The minimum Gasteiger partial charge on any atom is -0.393 e. The van der Waals surface area contributed by atoms with E-state index in [2.05, 4.69) is 134 Å². The molecule has 4 aromatic carbocycles. The number of aryl methyl sites for hydroxylation is 2. The molecule has 1 heterocycles. The van der Waals surface area contributed by atoms with Crippen molar-refractivity contribution in [3.05, 3.63) is 129 Å². The molecule has 0 spiro atoms. The topological polar surface area (TPSA) is 32.7 Å². The van der Waals surface area contributed by atoms with Gasteiger partial charge in [0.2, 0.25) is 0 Å². The largest absolute Gasteiger partial charge is 0.393 e. The van der Waals surface area contributed by atoms with Crippen LogP contribution >= 0.6 is 0 Å². The van der Waals surface area contributed by atoms with Gasteiger partial charge in [0.25, 0.3) is 0 Å².